The van der Waals surface area contributed by atoms with Crippen molar-refractivity contribution in [3.05, 3.63) is 71.6 Å². The summed E-state index contributed by atoms with van der Waals surface area (Å²) < 4.78 is 7.10. The molecule has 3 heterocycles. The van der Waals surface area contributed by atoms with Crippen LogP contribution in [0.3, 0.4) is 0 Å². The molecule has 27 heavy (non-hydrogen) atoms. The molecular formula is C20H18N4O2S. The number of pyridine rings is 1. The number of benzene rings is 1. The van der Waals surface area contributed by atoms with E-state index >= 15 is 0 Å². The number of methoxy groups -OCH3 is 1. The van der Waals surface area contributed by atoms with Crippen LogP contribution in [0, 0.1) is 0 Å². The number of ether oxygens (including phenoxy) is 1. The van der Waals surface area contributed by atoms with Crippen molar-refractivity contribution in [2.24, 2.45) is 0 Å². The second kappa shape index (κ2) is 7.59. The molecule has 0 bridgehead atoms. The molecule has 4 rings (SSSR count). The third kappa shape index (κ3) is 3.98. The van der Waals surface area contributed by atoms with E-state index in [0.29, 0.717) is 6.54 Å². The predicted octanol–water partition coefficient (Wildman–Crippen LogP) is 3.33. The fraction of sp³-hybridized carbons (Fsp3) is 0.150. The van der Waals surface area contributed by atoms with Gasteiger partial charge in [-0.2, -0.15) is 0 Å². The van der Waals surface area contributed by atoms with Crippen molar-refractivity contribution >= 4 is 22.9 Å². The van der Waals surface area contributed by atoms with E-state index in [1.165, 1.54) is 11.3 Å². The van der Waals surface area contributed by atoms with Crippen LogP contribution >= 0.6 is 11.3 Å². The van der Waals surface area contributed by atoms with Crippen molar-refractivity contribution in [2.75, 3.05) is 7.11 Å². The Bertz CT molecular complexity index is 1040. The molecule has 0 aliphatic heterocycles. The van der Waals surface area contributed by atoms with E-state index in [1.54, 1.807) is 7.11 Å². The predicted molar refractivity (Wildman–Crippen MR) is 105 cm³/mol. The van der Waals surface area contributed by atoms with Gasteiger partial charge in [0.25, 0.3) is 0 Å². The molecule has 4 aromatic rings. The van der Waals surface area contributed by atoms with Gasteiger partial charge in [0.2, 0.25) is 5.91 Å². The van der Waals surface area contributed by atoms with Crippen molar-refractivity contribution in [3.8, 4) is 16.3 Å². The van der Waals surface area contributed by atoms with Crippen LogP contribution in [0.2, 0.25) is 0 Å². The van der Waals surface area contributed by atoms with Gasteiger partial charge < -0.3 is 14.5 Å². The molecule has 7 heteroatoms. The Morgan fingerprint density at radius 2 is 2.00 bits per heavy atom. The maximum absolute atomic E-state index is 12.2. The Morgan fingerprint density at radius 1 is 1.15 bits per heavy atom. The van der Waals surface area contributed by atoms with Crippen LogP contribution < -0.4 is 10.1 Å². The highest BCUT2D eigenvalue weighted by Gasteiger charge is 2.10. The molecule has 3 aromatic heterocycles. The lowest BCUT2D eigenvalue weighted by Crippen LogP contribution is -2.24. The van der Waals surface area contributed by atoms with E-state index in [0.717, 1.165) is 33.4 Å². The smallest absolute Gasteiger partial charge is 0.226 e. The zero-order chi connectivity index (χ0) is 18.6. The van der Waals surface area contributed by atoms with Gasteiger partial charge in [0.05, 0.1) is 31.5 Å². The van der Waals surface area contributed by atoms with Crippen molar-refractivity contribution in [1.29, 1.82) is 0 Å². The van der Waals surface area contributed by atoms with E-state index in [4.69, 9.17) is 4.74 Å². The monoisotopic (exact) mass is 378 g/mol. The maximum atomic E-state index is 12.2. The molecule has 0 spiro atoms. The molecule has 0 saturated heterocycles. The topological polar surface area (TPSA) is 68.5 Å². The van der Waals surface area contributed by atoms with Crippen LogP contribution in [0.1, 0.15) is 11.4 Å². The number of carbonyl (C=O) groups excluding carboxylic acids is 1. The molecular weight excluding hydrogens is 360 g/mol. The molecule has 1 amide bonds. The Balaban J connectivity index is 1.36. The average molecular weight is 378 g/mol. The Morgan fingerprint density at radius 3 is 2.78 bits per heavy atom. The zero-order valence-electron chi connectivity index (χ0n) is 14.8. The lowest BCUT2D eigenvalue weighted by Gasteiger charge is -2.01. The van der Waals surface area contributed by atoms with Gasteiger partial charge in [-0.3, -0.25) is 4.79 Å². The number of hydrogen-bond acceptors (Lipinski definition) is 5. The van der Waals surface area contributed by atoms with Crippen molar-refractivity contribution in [1.82, 2.24) is 19.7 Å². The third-order valence-electron chi connectivity index (χ3n) is 4.11. The summed E-state index contributed by atoms with van der Waals surface area (Å²) in [6.45, 7) is 0.399. The van der Waals surface area contributed by atoms with Gasteiger partial charge in [0, 0.05) is 23.3 Å². The van der Waals surface area contributed by atoms with Crippen LogP contribution in [0.15, 0.2) is 60.2 Å². The number of fused-ring (bicyclic) bond motifs is 1. The second-order valence-corrected chi connectivity index (χ2v) is 6.88. The van der Waals surface area contributed by atoms with E-state index in [1.807, 2.05) is 64.6 Å². The maximum Gasteiger partial charge on any atom is 0.226 e. The molecule has 1 N–H and O–H groups in total. The summed E-state index contributed by atoms with van der Waals surface area (Å²) in [6, 6.07) is 13.5. The SMILES string of the molecule is COc1ccc(-c2nc(CC(=O)NCc3cn4ccccc4n3)cs2)cc1. The molecule has 1 aromatic carbocycles. The summed E-state index contributed by atoms with van der Waals surface area (Å²) in [5.41, 5.74) is 3.47. The number of imidazole rings is 1. The molecule has 0 unspecified atom stereocenters. The second-order valence-electron chi connectivity index (χ2n) is 6.02. The van der Waals surface area contributed by atoms with Crippen molar-refractivity contribution < 1.29 is 9.53 Å². The summed E-state index contributed by atoms with van der Waals surface area (Å²) in [5, 5.41) is 5.72. The van der Waals surface area contributed by atoms with E-state index < -0.39 is 0 Å². The zero-order valence-corrected chi connectivity index (χ0v) is 15.6. The first-order valence-electron chi connectivity index (χ1n) is 8.49. The normalized spacial score (nSPS) is 10.9. The molecule has 0 atom stereocenters. The number of nitrogens with one attached hydrogen (secondary N) is 1. The highest BCUT2D eigenvalue weighted by atomic mass is 32.1. The summed E-state index contributed by atoms with van der Waals surface area (Å²) in [7, 11) is 1.64. The standard InChI is InChI=1S/C20H18N4O2S/c1-26-17-7-5-14(6-8-17)20-23-15(13-27-20)10-19(25)21-11-16-12-24-9-3-2-4-18(24)22-16/h2-9,12-13H,10-11H2,1H3,(H,21,25). The largest absolute Gasteiger partial charge is 0.497 e. The van der Waals surface area contributed by atoms with Crippen LogP contribution in [-0.4, -0.2) is 27.4 Å². The molecule has 136 valence electrons. The van der Waals surface area contributed by atoms with Crippen LogP contribution in [-0.2, 0) is 17.8 Å². The van der Waals surface area contributed by atoms with E-state index in [-0.39, 0.29) is 12.3 Å². The number of amides is 1. The van der Waals surface area contributed by atoms with Gasteiger partial charge in [0.1, 0.15) is 16.4 Å². The van der Waals surface area contributed by atoms with Crippen molar-refractivity contribution in [2.45, 2.75) is 13.0 Å². The van der Waals surface area contributed by atoms with Crippen LogP contribution in [0.5, 0.6) is 5.75 Å². The summed E-state index contributed by atoms with van der Waals surface area (Å²) in [5.74, 6) is 0.737. The van der Waals surface area contributed by atoms with E-state index in [2.05, 4.69) is 15.3 Å². The first-order valence-corrected chi connectivity index (χ1v) is 9.37. The number of carbonyl (C=O) groups is 1. The molecule has 0 fully saturated rings. The van der Waals surface area contributed by atoms with E-state index in [9.17, 15) is 4.79 Å². The van der Waals surface area contributed by atoms with Gasteiger partial charge in [0.15, 0.2) is 0 Å². The first-order chi connectivity index (χ1) is 13.2. The number of hydrogen-bond donors (Lipinski definition) is 1. The Kier molecular flexibility index (Phi) is 4.84. The summed E-state index contributed by atoms with van der Waals surface area (Å²) >= 11 is 1.53. The number of nitrogens with zero attached hydrogens (tertiary/aromatic N) is 3. The quantitative estimate of drug-likeness (QED) is 0.559. The lowest BCUT2D eigenvalue weighted by molar-refractivity contribution is -0.120. The fourth-order valence-corrected chi connectivity index (χ4v) is 3.57. The van der Waals surface area contributed by atoms with Crippen molar-refractivity contribution in [3.63, 3.8) is 0 Å². The summed E-state index contributed by atoms with van der Waals surface area (Å²) in [4.78, 5) is 21.3. The third-order valence-corrected chi connectivity index (χ3v) is 5.05. The highest BCUT2D eigenvalue weighted by molar-refractivity contribution is 7.13. The molecule has 0 radical (unpaired) electrons. The molecule has 6 nitrogen and oxygen atoms in total. The Hall–Kier alpha value is -3.19. The molecule has 0 aliphatic carbocycles. The molecule has 0 aliphatic rings. The number of aromatic nitrogens is 3. The average Bonchev–Trinajstić information content (AvgIpc) is 3.33. The minimum absolute atomic E-state index is 0.0707. The Labute approximate surface area is 160 Å². The summed E-state index contributed by atoms with van der Waals surface area (Å²) in [6.07, 6.45) is 4.10. The lowest BCUT2D eigenvalue weighted by atomic mass is 10.2. The van der Waals surface area contributed by atoms with Gasteiger partial charge in [-0.25, -0.2) is 9.97 Å². The van der Waals surface area contributed by atoms with Gasteiger partial charge in [-0.1, -0.05) is 6.07 Å². The molecule has 0 saturated carbocycles. The minimum atomic E-state index is -0.0707. The van der Waals surface area contributed by atoms with Crippen LogP contribution in [0.25, 0.3) is 16.2 Å². The van der Waals surface area contributed by atoms with Crippen LogP contribution in [0.4, 0.5) is 0 Å². The minimum Gasteiger partial charge on any atom is -0.497 e. The fourth-order valence-electron chi connectivity index (χ4n) is 2.74. The van der Waals surface area contributed by atoms with Gasteiger partial charge >= 0.3 is 0 Å². The van der Waals surface area contributed by atoms with Gasteiger partial charge in [-0.05, 0) is 36.4 Å². The van der Waals surface area contributed by atoms with Gasteiger partial charge in [-0.15, -0.1) is 11.3 Å². The highest BCUT2D eigenvalue weighted by Crippen LogP contribution is 2.25. The number of thiazole rings is 1. The number of rotatable bonds is 6. The first kappa shape index (κ1) is 17.2.